The molecule has 154 valence electrons. The molecule has 0 radical (unpaired) electrons. The first kappa shape index (κ1) is 20.5. The van der Waals surface area contributed by atoms with Crippen molar-refractivity contribution in [2.24, 2.45) is 5.92 Å². The lowest BCUT2D eigenvalue weighted by molar-refractivity contribution is 0.0693. The summed E-state index contributed by atoms with van der Waals surface area (Å²) in [5.74, 6) is 1.84. The number of nitrogens with zero attached hydrogens (tertiary/aromatic N) is 1. The van der Waals surface area contributed by atoms with E-state index in [1.807, 2.05) is 42.1 Å². The number of thioether (sulfide) groups is 1. The average molecular weight is 409 g/mol. The molecule has 0 saturated carbocycles. The highest BCUT2D eigenvalue weighted by Crippen LogP contribution is 2.35. The predicted molar refractivity (Wildman–Crippen MR) is 123 cm³/mol. The van der Waals surface area contributed by atoms with Crippen molar-refractivity contribution >= 4 is 23.4 Å². The van der Waals surface area contributed by atoms with Crippen molar-refractivity contribution in [1.29, 1.82) is 0 Å². The van der Waals surface area contributed by atoms with Crippen molar-refractivity contribution < 1.29 is 4.79 Å². The molecular formula is C25H32N2OS. The van der Waals surface area contributed by atoms with Crippen molar-refractivity contribution in [2.45, 2.75) is 56.9 Å². The van der Waals surface area contributed by atoms with E-state index in [2.05, 4.69) is 36.2 Å². The summed E-state index contributed by atoms with van der Waals surface area (Å²) in [6.45, 7) is 6.69. The minimum atomic E-state index is -0.00950. The molecule has 2 saturated heterocycles. The van der Waals surface area contributed by atoms with Gasteiger partial charge in [0.15, 0.2) is 0 Å². The third-order valence-corrected chi connectivity index (χ3v) is 7.93. The van der Waals surface area contributed by atoms with Crippen molar-refractivity contribution in [2.75, 3.05) is 24.2 Å². The van der Waals surface area contributed by atoms with Crippen LogP contribution in [0.25, 0.3) is 0 Å². The van der Waals surface area contributed by atoms with E-state index in [0.717, 1.165) is 39.4 Å². The van der Waals surface area contributed by atoms with Gasteiger partial charge >= 0.3 is 0 Å². The molecule has 2 heterocycles. The van der Waals surface area contributed by atoms with E-state index in [0.29, 0.717) is 0 Å². The quantitative estimate of drug-likeness (QED) is 0.624. The normalized spacial score (nSPS) is 22.1. The molecule has 0 aromatic heterocycles. The second-order valence-electron chi connectivity index (χ2n) is 8.51. The molecule has 2 aromatic carbocycles. The molecule has 3 nitrogen and oxygen atoms in total. The van der Waals surface area contributed by atoms with Gasteiger partial charge < -0.3 is 10.2 Å². The monoisotopic (exact) mass is 408 g/mol. The second kappa shape index (κ2) is 9.36. The highest BCUT2D eigenvalue weighted by Gasteiger charge is 2.33. The number of carbonyl (C=O) groups excluding carboxylic acids is 1. The summed E-state index contributed by atoms with van der Waals surface area (Å²) in [6.07, 6.45) is 6.72. The summed E-state index contributed by atoms with van der Waals surface area (Å²) in [4.78, 5) is 16.9. The number of aryl methyl sites for hydroxylation is 1. The van der Waals surface area contributed by atoms with Crippen LogP contribution in [0, 0.1) is 19.8 Å². The van der Waals surface area contributed by atoms with Crippen LogP contribution in [0.2, 0.25) is 0 Å². The zero-order valence-electron chi connectivity index (χ0n) is 17.6. The van der Waals surface area contributed by atoms with Gasteiger partial charge in [-0.2, -0.15) is 0 Å². The number of hydrogen-bond acceptors (Lipinski definition) is 3. The summed E-state index contributed by atoms with van der Waals surface area (Å²) in [5, 5.41) is 3.13. The van der Waals surface area contributed by atoms with Gasteiger partial charge in [0, 0.05) is 22.4 Å². The highest BCUT2D eigenvalue weighted by atomic mass is 32.2. The van der Waals surface area contributed by atoms with Crippen molar-refractivity contribution in [3.8, 4) is 0 Å². The second-order valence-corrected chi connectivity index (χ2v) is 9.57. The van der Waals surface area contributed by atoms with E-state index in [-0.39, 0.29) is 5.91 Å². The Kier molecular flexibility index (Phi) is 6.61. The topological polar surface area (TPSA) is 32.3 Å². The lowest BCUT2D eigenvalue weighted by atomic mass is 9.85. The van der Waals surface area contributed by atoms with Gasteiger partial charge in [-0.3, -0.25) is 4.79 Å². The maximum atomic E-state index is 13.0. The molecule has 0 bridgehead atoms. The number of piperidine rings is 2. The Morgan fingerprint density at radius 2 is 1.86 bits per heavy atom. The van der Waals surface area contributed by atoms with Gasteiger partial charge in [0.1, 0.15) is 0 Å². The molecular weight excluding hydrogens is 376 g/mol. The van der Waals surface area contributed by atoms with Crippen molar-refractivity contribution in [1.82, 2.24) is 4.90 Å². The summed E-state index contributed by atoms with van der Waals surface area (Å²) >= 11 is 1.87. The van der Waals surface area contributed by atoms with Gasteiger partial charge in [0.25, 0.3) is 5.91 Å². The molecule has 4 rings (SSSR count). The zero-order chi connectivity index (χ0) is 20.2. The maximum absolute atomic E-state index is 13.0. The van der Waals surface area contributed by atoms with E-state index in [4.69, 9.17) is 0 Å². The minimum Gasteiger partial charge on any atom is -0.322 e. The molecule has 2 aliphatic rings. The number of benzene rings is 2. The van der Waals surface area contributed by atoms with Crippen molar-refractivity contribution in [3.05, 3.63) is 59.2 Å². The molecule has 2 fully saturated rings. The number of anilines is 1. The number of nitrogens with one attached hydrogen (secondary N) is 1. The molecule has 1 N–H and O–H groups in total. The minimum absolute atomic E-state index is 0.00950. The number of fused-ring (bicyclic) bond motifs is 1. The van der Waals surface area contributed by atoms with E-state index in [9.17, 15) is 4.79 Å². The Hall–Kier alpha value is -1.78. The average Bonchev–Trinajstić information content (AvgIpc) is 2.75. The van der Waals surface area contributed by atoms with Gasteiger partial charge in [0.2, 0.25) is 0 Å². The fraction of sp³-hybridized carbons (Fsp3) is 0.480. The van der Waals surface area contributed by atoms with Gasteiger partial charge in [-0.05, 0) is 87.9 Å². The predicted octanol–water partition coefficient (Wildman–Crippen LogP) is 5.91. The summed E-state index contributed by atoms with van der Waals surface area (Å²) in [7, 11) is 0. The van der Waals surface area contributed by atoms with Crippen LogP contribution in [0.15, 0.2) is 47.4 Å². The number of carbonyl (C=O) groups is 1. The van der Waals surface area contributed by atoms with Gasteiger partial charge in [-0.25, -0.2) is 0 Å². The SMILES string of the molecule is Cc1cccc(NC(=O)c2ccccc2SC[C@H]2CCCN3CCCC[C@H]23)c1C. The van der Waals surface area contributed by atoms with Crippen LogP contribution in [0.3, 0.4) is 0 Å². The molecule has 4 heteroatoms. The summed E-state index contributed by atoms with van der Waals surface area (Å²) < 4.78 is 0. The van der Waals surface area contributed by atoms with Crippen LogP contribution in [0.5, 0.6) is 0 Å². The molecule has 2 atom stereocenters. The Morgan fingerprint density at radius 1 is 1.03 bits per heavy atom. The smallest absolute Gasteiger partial charge is 0.256 e. The number of amides is 1. The molecule has 29 heavy (non-hydrogen) atoms. The first-order valence-electron chi connectivity index (χ1n) is 11.0. The molecule has 0 aliphatic carbocycles. The summed E-state index contributed by atoms with van der Waals surface area (Å²) in [5.41, 5.74) is 4.01. The van der Waals surface area contributed by atoms with Crippen LogP contribution in [-0.2, 0) is 0 Å². The summed E-state index contributed by atoms with van der Waals surface area (Å²) in [6, 6.07) is 14.9. The fourth-order valence-electron chi connectivity index (χ4n) is 4.82. The standard InChI is InChI=1S/C25H32N2OS/c1-18-9-7-12-22(19(18)2)26-25(28)21-11-3-4-14-24(21)29-17-20-10-8-16-27-15-6-5-13-23(20)27/h3-4,7,9,11-12,14,20,23H,5-6,8,10,13,15-17H2,1-2H3,(H,26,28)/t20-,23-/m1/s1. The number of hydrogen-bond donors (Lipinski definition) is 1. The fourth-order valence-corrected chi connectivity index (χ4v) is 6.10. The Morgan fingerprint density at radius 3 is 2.76 bits per heavy atom. The molecule has 2 aromatic rings. The first-order chi connectivity index (χ1) is 14.1. The van der Waals surface area contributed by atoms with Gasteiger partial charge in [-0.1, -0.05) is 30.7 Å². The molecule has 0 spiro atoms. The Bertz CT molecular complexity index is 864. The van der Waals surface area contributed by atoms with Crippen LogP contribution in [0.4, 0.5) is 5.69 Å². The van der Waals surface area contributed by atoms with E-state index in [1.165, 1.54) is 50.8 Å². The van der Waals surface area contributed by atoms with Crippen LogP contribution in [-0.4, -0.2) is 35.7 Å². The van der Waals surface area contributed by atoms with Crippen LogP contribution < -0.4 is 5.32 Å². The third-order valence-electron chi connectivity index (χ3n) is 6.67. The molecule has 1 amide bonds. The van der Waals surface area contributed by atoms with Gasteiger partial charge in [0.05, 0.1) is 5.56 Å². The van der Waals surface area contributed by atoms with E-state index < -0.39 is 0 Å². The molecule has 2 aliphatic heterocycles. The lowest BCUT2D eigenvalue weighted by Crippen LogP contribution is -2.48. The maximum Gasteiger partial charge on any atom is 0.256 e. The highest BCUT2D eigenvalue weighted by molar-refractivity contribution is 7.99. The third kappa shape index (κ3) is 4.70. The lowest BCUT2D eigenvalue weighted by Gasteiger charge is -2.44. The molecule has 0 unspecified atom stereocenters. The largest absolute Gasteiger partial charge is 0.322 e. The Labute approximate surface area is 179 Å². The van der Waals surface area contributed by atoms with Crippen LogP contribution in [0.1, 0.15) is 53.6 Å². The van der Waals surface area contributed by atoms with Crippen LogP contribution >= 0.6 is 11.8 Å². The Balaban J connectivity index is 1.45. The van der Waals surface area contributed by atoms with E-state index in [1.54, 1.807) is 0 Å². The zero-order valence-corrected chi connectivity index (χ0v) is 18.4. The van der Waals surface area contributed by atoms with E-state index >= 15 is 0 Å². The van der Waals surface area contributed by atoms with Crippen molar-refractivity contribution in [3.63, 3.8) is 0 Å². The van der Waals surface area contributed by atoms with Gasteiger partial charge in [-0.15, -0.1) is 11.8 Å². The number of rotatable bonds is 5. The first-order valence-corrected chi connectivity index (χ1v) is 12.0.